The van der Waals surface area contributed by atoms with Gasteiger partial charge in [0.05, 0.1) is 28.3 Å². The van der Waals surface area contributed by atoms with Crippen molar-refractivity contribution in [3.63, 3.8) is 0 Å². The van der Waals surface area contributed by atoms with Crippen molar-refractivity contribution in [3.8, 4) is 11.8 Å². The van der Waals surface area contributed by atoms with Gasteiger partial charge >= 0.3 is 24.9 Å². The zero-order valence-corrected chi connectivity index (χ0v) is 24.0. The molecule has 0 aliphatic rings. The Bertz CT molecular complexity index is 1900. The van der Waals surface area contributed by atoms with Gasteiger partial charge in [-0.15, -0.1) is 0 Å². The zero-order valence-electron chi connectivity index (χ0n) is 24.0. The number of nitriles is 1. The fourth-order valence-corrected chi connectivity index (χ4v) is 4.79. The highest BCUT2D eigenvalue weighted by atomic mass is 19.4. The summed E-state index contributed by atoms with van der Waals surface area (Å²) < 4.78 is 183. The fourth-order valence-electron chi connectivity index (χ4n) is 4.79. The molecule has 0 heterocycles. The number of hydrogen-bond donors (Lipinski definition) is 1. The number of alkyl halides is 10. The predicted octanol–water partition coefficient (Wildman–Crippen LogP) is 9.17. The van der Waals surface area contributed by atoms with Gasteiger partial charge in [0.2, 0.25) is 0 Å². The monoisotopic (exact) mass is 708 g/mol. The number of hydrogen-bond acceptors (Lipinski definition) is 3. The molecule has 0 aromatic heterocycles. The lowest BCUT2D eigenvalue weighted by Gasteiger charge is -2.37. The molecule has 1 N–H and O–H groups in total. The third kappa shape index (κ3) is 8.07. The minimum absolute atomic E-state index is 0.00286. The van der Waals surface area contributed by atoms with Gasteiger partial charge in [-0.2, -0.15) is 49.2 Å². The third-order valence-corrected chi connectivity index (χ3v) is 7.05. The van der Waals surface area contributed by atoms with Crippen molar-refractivity contribution in [2.75, 3.05) is 0 Å². The zero-order chi connectivity index (χ0) is 36.5. The van der Waals surface area contributed by atoms with Crippen LogP contribution in [0.4, 0.5) is 57.1 Å². The summed E-state index contributed by atoms with van der Waals surface area (Å²) in [6.07, 6.45) is -21.3. The van der Waals surface area contributed by atoms with Gasteiger partial charge in [0.15, 0.2) is 0 Å². The Morgan fingerprint density at radius 1 is 0.735 bits per heavy atom. The van der Waals surface area contributed by atoms with E-state index in [4.69, 9.17) is 5.26 Å². The van der Waals surface area contributed by atoms with Crippen molar-refractivity contribution in [3.05, 3.63) is 135 Å². The molecule has 0 aliphatic heterocycles. The van der Waals surface area contributed by atoms with E-state index in [9.17, 15) is 57.5 Å². The van der Waals surface area contributed by atoms with Crippen LogP contribution in [-0.4, -0.2) is 18.4 Å². The van der Waals surface area contributed by atoms with Gasteiger partial charge in [-0.05, 0) is 71.3 Å². The Morgan fingerprint density at radius 2 is 1.31 bits per heavy atom. The average Bonchev–Trinajstić information content (AvgIpc) is 2.99. The predicted molar refractivity (Wildman–Crippen MR) is 144 cm³/mol. The van der Waals surface area contributed by atoms with Crippen molar-refractivity contribution < 1.29 is 66.6 Å². The van der Waals surface area contributed by atoms with Crippen LogP contribution in [0.3, 0.4) is 0 Å². The van der Waals surface area contributed by atoms with E-state index in [0.29, 0.717) is 24.3 Å². The molecular formula is C32H17F13N2O2. The minimum atomic E-state index is -5.42. The summed E-state index contributed by atoms with van der Waals surface area (Å²) in [6, 6.07) is 9.54. The lowest BCUT2D eigenvalue weighted by Crippen LogP contribution is -2.49. The number of benzene rings is 4. The summed E-state index contributed by atoms with van der Waals surface area (Å²) in [5.74, 6) is -8.11. The van der Waals surface area contributed by atoms with Crippen molar-refractivity contribution in [2.45, 2.75) is 36.8 Å². The summed E-state index contributed by atoms with van der Waals surface area (Å²) in [6.45, 7) is 0. The average molecular weight is 708 g/mol. The summed E-state index contributed by atoms with van der Waals surface area (Å²) in [4.78, 5) is 13.6. The Morgan fingerprint density at radius 3 is 1.86 bits per heavy atom. The maximum absolute atomic E-state index is 15.0. The van der Waals surface area contributed by atoms with Crippen LogP contribution in [0.2, 0.25) is 0 Å². The van der Waals surface area contributed by atoms with Crippen LogP contribution in [0.15, 0.2) is 78.9 Å². The standard InChI is InChI=1S/C32H17F13N2O2/c33-21-10-20(11-22(13-21)49-32(44,45)28(36)37)29(14-16-1-3-17(15-46)4-2-16,19-6-8-26(35)24(12-19)31(41,42)43)47-27(48)18-5-7-25(34)23(9-18)30(38,39)40/h1-13,28H,14H2,(H,47,48)/t29-/m0/s1. The maximum Gasteiger partial charge on any atom is 0.461 e. The molecule has 4 aromatic rings. The minimum Gasteiger partial charge on any atom is -0.428 e. The second-order valence-corrected chi connectivity index (χ2v) is 10.4. The first-order valence-corrected chi connectivity index (χ1v) is 13.4. The molecule has 0 saturated carbocycles. The quantitative estimate of drug-likeness (QED) is 0.177. The molecule has 4 aromatic carbocycles. The molecule has 0 aliphatic carbocycles. The highest BCUT2D eigenvalue weighted by Gasteiger charge is 2.45. The highest BCUT2D eigenvalue weighted by molar-refractivity contribution is 5.95. The molecule has 49 heavy (non-hydrogen) atoms. The Hall–Kier alpha value is -5.27. The van der Waals surface area contributed by atoms with E-state index in [1.54, 1.807) is 6.07 Å². The van der Waals surface area contributed by atoms with E-state index >= 15 is 4.39 Å². The Labute approximate surface area is 267 Å². The van der Waals surface area contributed by atoms with E-state index < -0.39 is 93.8 Å². The number of nitrogens with one attached hydrogen (secondary N) is 1. The van der Waals surface area contributed by atoms with E-state index in [0.717, 1.165) is 0 Å². The molecule has 4 rings (SSSR count). The van der Waals surface area contributed by atoms with Crippen molar-refractivity contribution in [2.24, 2.45) is 0 Å². The van der Waals surface area contributed by atoms with E-state index in [1.807, 2.05) is 0 Å². The van der Waals surface area contributed by atoms with Gasteiger partial charge in [-0.25, -0.2) is 13.2 Å². The number of ether oxygens (including phenoxy) is 1. The highest BCUT2D eigenvalue weighted by Crippen LogP contribution is 2.41. The molecular weight excluding hydrogens is 691 g/mol. The molecule has 4 nitrogen and oxygen atoms in total. The number of halogens is 13. The third-order valence-electron chi connectivity index (χ3n) is 7.05. The summed E-state index contributed by atoms with van der Waals surface area (Å²) in [5, 5.41) is 11.3. The number of amides is 1. The first kappa shape index (κ1) is 36.6. The Balaban J connectivity index is 2.07. The SMILES string of the molecule is N#Cc1ccc(C[C@@](NC(=O)c2ccc(F)c(C(F)(F)F)c2)(c2cc(F)cc(OC(F)(F)C(F)F)c2)c2ccc(F)c(C(F)(F)F)c2)cc1. The molecule has 0 fully saturated rings. The lowest BCUT2D eigenvalue weighted by molar-refractivity contribution is -0.253. The van der Waals surface area contributed by atoms with Crippen LogP contribution in [0.5, 0.6) is 5.75 Å². The fraction of sp³-hybridized carbons (Fsp3) is 0.188. The normalized spacial score (nSPS) is 13.5. The van der Waals surface area contributed by atoms with Crippen molar-refractivity contribution >= 4 is 5.91 Å². The molecule has 258 valence electrons. The lowest BCUT2D eigenvalue weighted by atomic mass is 9.76. The van der Waals surface area contributed by atoms with Gasteiger partial charge in [0.1, 0.15) is 23.2 Å². The molecule has 0 unspecified atom stereocenters. The topological polar surface area (TPSA) is 62.1 Å². The second kappa shape index (κ2) is 13.3. The number of rotatable bonds is 9. The van der Waals surface area contributed by atoms with Crippen molar-refractivity contribution in [1.82, 2.24) is 5.32 Å². The van der Waals surface area contributed by atoms with E-state index in [-0.39, 0.29) is 41.5 Å². The first-order chi connectivity index (χ1) is 22.7. The number of carbonyl (C=O) groups is 1. The van der Waals surface area contributed by atoms with Crippen LogP contribution >= 0.6 is 0 Å². The summed E-state index contributed by atoms with van der Waals surface area (Å²) in [7, 11) is 0. The molecule has 0 radical (unpaired) electrons. The Kier molecular flexibility index (Phi) is 9.94. The van der Waals surface area contributed by atoms with Crippen LogP contribution in [-0.2, 0) is 24.3 Å². The first-order valence-electron chi connectivity index (χ1n) is 13.4. The number of carbonyl (C=O) groups excluding carboxylic acids is 1. The van der Waals surface area contributed by atoms with E-state index in [2.05, 4.69) is 10.1 Å². The van der Waals surface area contributed by atoms with Crippen LogP contribution in [0.1, 0.15) is 43.7 Å². The molecule has 0 bridgehead atoms. The summed E-state index contributed by atoms with van der Waals surface area (Å²) in [5.41, 5.74) is -9.08. The molecule has 0 saturated heterocycles. The second-order valence-electron chi connectivity index (χ2n) is 10.4. The van der Waals surface area contributed by atoms with Gasteiger partial charge in [0.25, 0.3) is 5.91 Å². The van der Waals surface area contributed by atoms with Crippen LogP contribution < -0.4 is 10.1 Å². The van der Waals surface area contributed by atoms with Crippen LogP contribution in [0, 0.1) is 28.8 Å². The van der Waals surface area contributed by atoms with Crippen molar-refractivity contribution in [1.29, 1.82) is 5.26 Å². The maximum atomic E-state index is 15.0. The van der Waals surface area contributed by atoms with Gasteiger partial charge < -0.3 is 10.1 Å². The largest absolute Gasteiger partial charge is 0.461 e. The van der Waals surface area contributed by atoms with Gasteiger partial charge in [0, 0.05) is 18.1 Å². The van der Waals surface area contributed by atoms with Crippen LogP contribution in [0.25, 0.3) is 0 Å². The number of nitrogens with zero attached hydrogens (tertiary/aromatic N) is 1. The molecule has 0 spiro atoms. The summed E-state index contributed by atoms with van der Waals surface area (Å²) >= 11 is 0. The molecule has 1 amide bonds. The smallest absolute Gasteiger partial charge is 0.428 e. The molecule has 17 heteroatoms. The van der Waals surface area contributed by atoms with E-state index in [1.165, 1.54) is 24.3 Å². The van der Waals surface area contributed by atoms with Gasteiger partial charge in [-0.3, -0.25) is 4.79 Å². The van der Waals surface area contributed by atoms with Gasteiger partial charge in [-0.1, -0.05) is 18.2 Å². The molecule has 1 atom stereocenters.